The number of carbonyl (C=O) groups excluding carboxylic acids is 2. The number of unbranched alkanes of at least 4 members (excludes halogenated alkanes) is 2. The lowest BCUT2D eigenvalue weighted by molar-refractivity contribution is 0.468. The molecule has 4 heteroatoms. The normalized spacial score (nSPS) is 11.7. The number of rotatable bonds is 8. The first-order valence-corrected chi connectivity index (χ1v) is 5.16. The lowest BCUT2D eigenvalue weighted by Gasteiger charge is -2.13. The van der Waals surface area contributed by atoms with Crippen molar-refractivity contribution in [2.45, 2.75) is 38.6 Å². The maximum absolute atomic E-state index is 10.1. The molecule has 0 N–H and O–H groups in total. The molecule has 0 aliphatic heterocycles. The minimum atomic E-state index is -0.0305. The zero-order valence-corrected chi connectivity index (χ0v) is 9.11. The molecule has 15 heavy (non-hydrogen) atoms. The lowest BCUT2D eigenvalue weighted by atomic mass is 9.98. The van der Waals surface area contributed by atoms with Gasteiger partial charge in [-0.1, -0.05) is 19.8 Å². The second-order valence-electron chi connectivity index (χ2n) is 3.59. The summed E-state index contributed by atoms with van der Waals surface area (Å²) in [4.78, 5) is 27.0. The molecular weight excluding hydrogens is 192 g/mol. The summed E-state index contributed by atoms with van der Waals surface area (Å²) in [6, 6.07) is -0.0305. The van der Waals surface area contributed by atoms with Crippen molar-refractivity contribution in [3.05, 3.63) is 6.92 Å². The Bertz CT molecular complexity index is 251. The van der Waals surface area contributed by atoms with Crippen molar-refractivity contribution in [1.82, 2.24) is 0 Å². The highest BCUT2D eigenvalue weighted by molar-refractivity contribution is 5.33. The number of isocyanates is 2. The van der Waals surface area contributed by atoms with E-state index in [1.54, 1.807) is 6.08 Å². The number of aliphatic imine (C=N–C) groups is 2. The van der Waals surface area contributed by atoms with E-state index < -0.39 is 0 Å². The summed E-state index contributed by atoms with van der Waals surface area (Å²) in [6.07, 6.45) is 6.73. The van der Waals surface area contributed by atoms with Crippen LogP contribution in [0.4, 0.5) is 0 Å². The molecule has 0 aliphatic rings. The van der Waals surface area contributed by atoms with Crippen LogP contribution in [0.2, 0.25) is 0 Å². The van der Waals surface area contributed by atoms with Gasteiger partial charge in [-0.25, -0.2) is 19.6 Å². The summed E-state index contributed by atoms with van der Waals surface area (Å²) < 4.78 is 0. The van der Waals surface area contributed by atoms with E-state index >= 15 is 0 Å². The Kier molecular flexibility index (Phi) is 8.55. The van der Waals surface area contributed by atoms with Crippen molar-refractivity contribution < 1.29 is 9.59 Å². The molecule has 0 aliphatic carbocycles. The summed E-state index contributed by atoms with van der Waals surface area (Å²) >= 11 is 0. The molecule has 83 valence electrons. The van der Waals surface area contributed by atoms with E-state index in [0.717, 1.165) is 25.7 Å². The van der Waals surface area contributed by atoms with Crippen LogP contribution in [0.25, 0.3) is 0 Å². The highest BCUT2D eigenvalue weighted by Gasteiger charge is 2.10. The van der Waals surface area contributed by atoms with E-state index in [1.165, 1.54) is 6.08 Å². The predicted molar refractivity (Wildman–Crippen MR) is 57.9 cm³/mol. The van der Waals surface area contributed by atoms with Crippen LogP contribution in [0.3, 0.4) is 0 Å². The monoisotopic (exact) mass is 209 g/mol. The van der Waals surface area contributed by atoms with Gasteiger partial charge in [0.05, 0.1) is 12.6 Å². The number of nitrogens with zero attached hydrogens (tertiary/aromatic N) is 2. The van der Waals surface area contributed by atoms with Crippen LogP contribution in [-0.2, 0) is 9.59 Å². The standard InChI is InChI=1S/C11H17N2O2/c1-10(2)11(13-9-15)6-4-3-5-7-12-8-14/h10-11H,1,3-7H2,2H3. The van der Waals surface area contributed by atoms with Gasteiger partial charge in [0.15, 0.2) is 0 Å². The Morgan fingerprint density at radius 3 is 2.47 bits per heavy atom. The first kappa shape index (κ1) is 13.8. The first-order chi connectivity index (χ1) is 7.22. The van der Waals surface area contributed by atoms with Crippen molar-refractivity contribution in [2.24, 2.45) is 15.9 Å². The van der Waals surface area contributed by atoms with Crippen LogP contribution >= 0.6 is 0 Å². The molecule has 2 atom stereocenters. The average molecular weight is 209 g/mol. The van der Waals surface area contributed by atoms with Crippen LogP contribution < -0.4 is 0 Å². The molecule has 0 aromatic heterocycles. The van der Waals surface area contributed by atoms with Crippen molar-refractivity contribution in [1.29, 1.82) is 0 Å². The predicted octanol–water partition coefficient (Wildman–Crippen LogP) is 2.06. The molecule has 0 fully saturated rings. The molecule has 0 heterocycles. The Labute approximate surface area is 90.5 Å². The Morgan fingerprint density at radius 1 is 1.20 bits per heavy atom. The van der Waals surface area contributed by atoms with Gasteiger partial charge in [0.2, 0.25) is 12.2 Å². The van der Waals surface area contributed by atoms with Gasteiger partial charge < -0.3 is 0 Å². The molecule has 0 aromatic carbocycles. The van der Waals surface area contributed by atoms with E-state index in [9.17, 15) is 9.59 Å². The molecule has 0 spiro atoms. The molecule has 0 bridgehead atoms. The average Bonchev–Trinajstić information content (AvgIpc) is 2.21. The smallest absolute Gasteiger partial charge is 0.211 e. The Balaban J connectivity index is 3.62. The van der Waals surface area contributed by atoms with E-state index in [0.29, 0.717) is 6.54 Å². The van der Waals surface area contributed by atoms with Gasteiger partial charge in [-0.3, -0.25) is 0 Å². The fraction of sp³-hybridized carbons (Fsp3) is 0.727. The summed E-state index contributed by atoms with van der Waals surface area (Å²) in [7, 11) is 0. The van der Waals surface area contributed by atoms with Gasteiger partial charge in [-0.2, -0.15) is 0 Å². The zero-order valence-electron chi connectivity index (χ0n) is 9.11. The minimum absolute atomic E-state index is 0.0305. The van der Waals surface area contributed by atoms with Crippen molar-refractivity contribution >= 4 is 12.2 Å². The van der Waals surface area contributed by atoms with Crippen LogP contribution in [0.5, 0.6) is 0 Å². The van der Waals surface area contributed by atoms with E-state index in [1.807, 2.05) is 6.92 Å². The third-order valence-corrected chi connectivity index (χ3v) is 2.21. The van der Waals surface area contributed by atoms with Gasteiger partial charge in [0, 0.05) is 0 Å². The maximum atomic E-state index is 10.1. The molecule has 0 amide bonds. The van der Waals surface area contributed by atoms with Gasteiger partial charge in [0.1, 0.15) is 0 Å². The SMILES string of the molecule is [CH2]C(C)C(CCCCCN=C=O)N=C=O. The van der Waals surface area contributed by atoms with Crippen LogP contribution in [0.15, 0.2) is 9.98 Å². The van der Waals surface area contributed by atoms with Gasteiger partial charge >= 0.3 is 0 Å². The second-order valence-corrected chi connectivity index (χ2v) is 3.59. The molecule has 0 aromatic rings. The maximum Gasteiger partial charge on any atom is 0.235 e. The fourth-order valence-corrected chi connectivity index (χ4v) is 1.31. The van der Waals surface area contributed by atoms with Crippen molar-refractivity contribution in [3.63, 3.8) is 0 Å². The van der Waals surface area contributed by atoms with Crippen LogP contribution in [-0.4, -0.2) is 24.7 Å². The number of hydrogen-bond acceptors (Lipinski definition) is 4. The third-order valence-electron chi connectivity index (χ3n) is 2.21. The minimum Gasteiger partial charge on any atom is -0.211 e. The molecule has 1 radical (unpaired) electrons. The van der Waals surface area contributed by atoms with Crippen LogP contribution in [0.1, 0.15) is 32.6 Å². The third kappa shape index (κ3) is 7.80. The molecular formula is C11H17N2O2. The Hall–Kier alpha value is -1.24. The fourth-order valence-electron chi connectivity index (χ4n) is 1.31. The van der Waals surface area contributed by atoms with Gasteiger partial charge in [-0.05, 0) is 25.7 Å². The van der Waals surface area contributed by atoms with E-state index in [4.69, 9.17) is 0 Å². The van der Waals surface area contributed by atoms with Gasteiger partial charge in [0.25, 0.3) is 0 Å². The topological polar surface area (TPSA) is 58.9 Å². The largest absolute Gasteiger partial charge is 0.235 e. The second kappa shape index (κ2) is 9.32. The molecule has 0 saturated heterocycles. The molecule has 0 rings (SSSR count). The molecule has 4 nitrogen and oxygen atoms in total. The zero-order chi connectivity index (χ0) is 11.5. The van der Waals surface area contributed by atoms with Crippen molar-refractivity contribution in [2.75, 3.05) is 6.54 Å². The molecule has 2 unspecified atom stereocenters. The summed E-state index contributed by atoms with van der Waals surface area (Å²) in [5.41, 5.74) is 0. The van der Waals surface area contributed by atoms with E-state index in [-0.39, 0.29) is 12.0 Å². The Morgan fingerprint density at radius 2 is 1.93 bits per heavy atom. The van der Waals surface area contributed by atoms with Crippen molar-refractivity contribution in [3.8, 4) is 0 Å². The highest BCUT2D eigenvalue weighted by Crippen LogP contribution is 2.13. The number of hydrogen-bond donors (Lipinski definition) is 0. The molecule has 0 saturated carbocycles. The summed E-state index contributed by atoms with van der Waals surface area (Å²) in [6.45, 7) is 6.31. The quantitative estimate of drug-likeness (QED) is 0.349. The highest BCUT2D eigenvalue weighted by atomic mass is 16.1. The summed E-state index contributed by atoms with van der Waals surface area (Å²) in [5.74, 6) is 0.124. The lowest BCUT2D eigenvalue weighted by Crippen LogP contribution is -2.12. The first-order valence-electron chi connectivity index (χ1n) is 5.16. The van der Waals surface area contributed by atoms with Crippen LogP contribution in [0, 0.1) is 12.8 Å². The van der Waals surface area contributed by atoms with E-state index in [2.05, 4.69) is 16.9 Å². The summed E-state index contributed by atoms with van der Waals surface area (Å²) in [5, 5.41) is 0. The van der Waals surface area contributed by atoms with Gasteiger partial charge in [-0.15, -0.1) is 0 Å².